The fourth-order valence-corrected chi connectivity index (χ4v) is 1.71. The summed E-state index contributed by atoms with van der Waals surface area (Å²) in [4.78, 5) is 15.0. The van der Waals surface area contributed by atoms with E-state index < -0.39 is 39.4 Å². The van der Waals surface area contributed by atoms with Gasteiger partial charge in [-0.25, -0.2) is 4.79 Å². The van der Waals surface area contributed by atoms with Crippen LogP contribution in [0.15, 0.2) is 4.52 Å². The Morgan fingerprint density at radius 1 is 1.32 bits per heavy atom. The van der Waals surface area contributed by atoms with Gasteiger partial charge < -0.3 is 9.26 Å². The first-order valence-electron chi connectivity index (χ1n) is 5.87. The highest BCUT2D eigenvalue weighted by Gasteiger charge is 2.48. The molecule has 0 aliphatic rings. The molecule has 0 radical (unpaired) electrons. The first kappa shape index (κ1) is 18.4. The number of carbonyl (C=O) groups excluding carboxylic acids is 1. The summed E-state index contributed by atoms with van der Waals surface area (Å²) in [5, 5.41) is 3.31. The number of carbonyl (C=O) groups is 1. The zero-order valence-electron chi connectivity index (χ0n) is 11.8. The molecule has 8 nitrogen and oxygen atoms in total. The topological polar surface area (TPSA) is 109 Å². The Bertz CT molecular complexity index is 637. The summed E-state index contributed by atoms with van der Waals surface area (Å²) in [5.74, 6) is -1.58. The third kappa shape index (κ3) is 4.16. The van der Waals surface area contributed by atoms with Crippen LogP contribution < -0.4 is 0 Å². The van der Waals surface area contributed by atoms with Gasteiger partial charge in [-0.3, -0.25) is 4.18 Å². The van der Waals surface area contributed by atoms with Crippen molar-refractivity contribution in [2.24, 2.45) is 0 Å². The van der Waals surface area contributed by atoms with Crippen molar-refractivity contribution in [2.45, 2.75) is 31.7 Å². The summed E-state index contributed by atoms with van der Waals surface area (Å²) < 4.78 is 71.5. The highest BCUT2D eigenvalue weighted by molar-refractivity contribution is 7.87. The Hall–Kier alpha value is -1.69. The normalized spacial score (nSPS) is 13.2. The minimum Gasteiger partial charge on any atom is -0.460 e. The Labute approximate surface area is 123 Å². The highest BCUT2D eigenvalue weighted by atomic mass is 32.2. The highest BCUT2D eigenvalue weighted by Crippen LogP contribution is 2.28. The van der Waals surface area contributed by atoms with Crippen molar-refractivity contribution in [3.8, 4) is 0 Å². The van der Waals surface area contributed by atoms with Gasteiger partial charge in [0.15, 0.2) is 0 Å². The molecule has 0 saturated heterocycles. The molecule has 0 aliphatic heterocycles. The van der Waals surface area contributed by atoms with E-state index in [0.29, 0.717) is 0 Å². The molecule has 0 saturated carbocycles. The second kappa shape index (κ2) is 6.20. The van der Waals surface area contributed by atoms with Crippen LogP contribution in [0.25, 0.3) is 0 Å². The predicted molar refractivity (Wildman–Crippen MR) is 64.2 cm³/mol. The van der Waals surface area contributed by atoms with Crippen LogP contribution in [0, 0.1) is 0 Å². The van der Waals surface area contributed by atoms with E-state index in [4.69, 9.17) is 4.52 Å². The largest absolute Gasteiger partial charge is 0.523 e. The first-order chi connectivity index (χ1) is 9.90. The molecule has 1 heterocycles. The minimum atomic E-state index is -5.74. The zero-order valence-corrected chi connectivity index (χ0v) is 12.6. The molecule has 0 atom stereocenters. The molecule has 0 amide bonds. The van der Waals surface area contributed by atoms with Crippen molar-refractivity contribution in [1.82, 2.24) is 10.1 Å². The second-order valence-electron chi connectivity index (χ2n) is 4.69. The number of hydrogen-bond acceptors (Lipinski definition) is 8. The Balaban J connectivity index is 2.85. The standard InChI is InChI=1S/C10H13F3N2O6S/c1-4-19-7(16)6-14-8(21-15-6)9(2,3)5-20-22(17,18)10(11,12)13/h4-5H2,1-3H3. The van der Waals surface area contributed by atoms with Gasteiger partial charge in [0.25, 0.3) is 5.82 Å². The number of rotatable bonds is 6. The van der Waals surface area contributed by atoms with E-state index in [1.54, 1.807) is 6.92 Å². The lowest BCUT2D eigenvalue weighted by Crippen LogP contribution is -2.32. The van der Waals surface area contributed by atoms with Crippen LogP contribution in [0.4, 0.5) is 13.2 Å². The maximum Gasteiger partial charge on any atom is 0.523 e. The van der Waals surface area contributed by atoms with E-state index in [1.165, 1.54) is 13.8 Å². The molecular formula is C10H13F3N2O6S. The van der Waals surface area contributed by atoms with Crippen molar-refractivity contribution in [3.63, 3.8) is 0 Å². The Morgan fingerprint density at radius 2 is 1.91 bits per heavy atom. The van der Waals surface area contributed by atoms with Crippen molar-refractivity contribution in [3.05, 3.63) is 11.7 Å². The van der Waals surface area contributed by atoms with E-state index in [1.807, 2.05) is 0 Å². The average Bonchev–Trinajstić information content (AvgIpc) is 2.86. The molecule has 126 valence electrons. The van der Waals surface area contributed by atoms with Gasteiger partial charge in [-0.2, -0.15) is 26.6 Å². The van der Waals surface area contributed by atoms with Crippen LogP contribution in [0.5, 0.6) is 0 Å². The molecule has 1 aromatic rings. The maximum absolute atomic E-state index is 12.2. The van der Waals surface area contributed by atoms with E-state index in [0.717, 1.165) is 0 Å². The molecule has 12 heteroatoms. The quantitative estimate of drug-likeness (QED) is 0.432. The summed E-state index contributed by atoms with van der Waals surface area (Å²) >= 11 is 0. The van der Waals surface area contributed by atoms with Crippen LogP contribution in [0.3, 0.4) is 0 Å². The van der Waals surface area contributed by atoms with Crippen molar-refractivity contribution < 1.29 is 39.8 Å². The summed E-state index contributed by atoms with van der Waals surface area (Å²) in [7, 11) is -5.74. The maximum atomic E-state index is 12.2. The number of esters is 1. The fourth-order valence-electron chi connectivity index (χ4n) is 1.13. The summed E-state index contributed by atoms with van der Waals surface area (Å²) in [6, 6.07) is 0. The van der Waals surface area contributed by atoms with Crippen LogP contribution in [-0.4, -0.2) is 43.2 Å². The lowest BCUT2D eigenvalue weighted by atomic mass is 9.95. The van der Waals surface area contributed by atoms with Crippen molar-refractivity contribution in [1.29, 1.82) is 0 Å². The van der Waals surface area contributed by atoms with E-state index in [9.17, 15) is 26.4 Å². The monoisotopic (exact) mass is 346 g/mol. The van der Waals surface area contributed by atoms with Gasteiger partial charge in [-0.1, -0.05) is 0 Å². The second-order valence-corrected chi connectivity index (χ2v) is 6.30. The molecule has 0 aromatic carbocycles. The molecule has 0 N–H and O–H groups in total. The Kier molecular flexibility index (Phi) is 5.18. The van der Waals surface area contributed by atoms with Gasteiger partial charge in [0.05, 0.1) is 18.6 Å². The van der Waals surface area contributed by atoms with E-state index in [2.05, 4.69) is 19.1 Å². The summed E-state index contributed by atoms with van der Waals surface area (Å²) in [6.45, 7) is 3.33. The van der Waals surface area contributed by atoms with Gasteiger partial charge in [0.2, 0.25) is 5.89 Å². The number of aromatic nitrogens is 2. The first-order valence-corrected chi connectivity index (χ1v) is 7.28. The number of alkyl halides is 3. The van der Waals surface area contributed by atoms with Crippen LogP contribution in [0.1, 0.15) is 37.3 Å². The number of ether oxygens (including phenoxy) is 1. The molecule has 1 rings (SSSR count). The number of nitrogens with zero attached hydrogens (tertiary/aromatic N) is 2. The number of hydrogen-bond donors (Lipinski definition) is 0. The molecular weight excluding hydrogens is 333 g/mol. The average molecular weight is 346 g/mol. The zero-order chi connectivity index (χ0) is 17.2. The minimum absolute atomic E-state index is 0.0685. The van der Waals surface area contributed by atoms with Crippen LogP contribution in [-0.2, 0) is 24.5 Å². The lowest BCUT2D eigenvalue weighted by molar-refractivity contribution is -0.0554. The summed E-state index contributed by atoms with van der Waals surface area (Å²) in [5.41, 5.74) is -6.91. The SMILES string of the molecule is CCOC(=O)c1noc(C(C)(C)COS(=O)(=O)C(F)(F)F)n1. The molecule has 0 fully saturated rings. The van der Waals surface area contributed by atoms with Gasteiger partial charge in [0.1, 0.15) is 0 Å². The molecule has 0 spiro atoms. The third-order valence-electron chi connectivity index (χ3n) is 2.32. The lowest BCUT2D eigenvalue weighted by Gasteiger charge is -2.19. The number of halogens is 3. The van der Waals surface area contributed by atoms with E-state index >= 15 is 0 Å². The third-order valence-corrected chi connectivity index (χ3v) is 3.32. The van der Waals surface area contributed by atoms with Crippen molar-refractivity contribution in [2.75, 3.05) is 13.2 Å². The molecule has 0 bridgehead atoms. The van der Waals surface area contributed by atoms with E-state index in [-0.39, 0.29) is 12.5 Å². The van der Waals surface area contributed by atoms with Gasteiger partial charge >= 0.3 is 21.6 Å². The van der Waals surface area contributed by atoms with Crippen LogP contribution >= 0.6 is 0 Å². The van der Waals surface area contributed by atoms with Crippen LogP contribution in [0.2, 0.25) is 0 Å². The molecule has 1 aromatic heterocycles. The molecule has 22 heavy (non-hydrogen) atoms. The fraction of sp³-hybridized carbons (Fsp3) is 0.700. The van der Waals surface area contributed by atoms with Gasteiger partial charge in [0, 0.05) is 0 Å². The molecule has 0 aliphatic carbocycles. The molecule has 0 unspecified atom stereocenters. The predicted octanol–water partition coefficient (Wildman–Crippen LogP) is 1.39. The smallest absolute Gasteiger partial charge is 0.460 e. The Morgan fingerprint density at radius 3 is 2.41 bits per heavy atom. The van der Waals surface area contributed by atoms with Gasteiger partial charge in [-0.15, -0.1) is 0 Å². The summed E-state index contributed by atoms with van der Waals surface area (Å²) in [6.07, 6.45) is 0. The van der Waals surface area contributed by atoms with Gasteiger partial charge in [-0.05, 0) is 25.9 Å². The van der Waals surface area contributed by atoms with Crippen molar-refractivity contribution >= 4 is 16.1 Å².